The van der Waals surface area contributed by atoms with Crippen LogP contribution in [0.25, 0.3) is 0 Å². The van der Waals surface area contributed by atoms with Crippen molar-refractivity contribution in [2.75, 3.05) is 13.3 Å². The van der Waals surface area contributed by atoms with Crippen molar-refractivity contribution in [2.45, 2.75) is 151 Å². The molecule has 288 valence electrons. The number of rotatable bonds is 13. The summed E-state index contributed by atoms with van der Waals surface area (Å²) in [6, 6.07) is -1.80. The number of amides is 2. The molecule has 4 aliphatic rings. The van der Waals surface area contributed by atoms with Crippen molar-refractivity contribution in [3.05, 3.63) is 0 Å². The van der Waals surface area contributed by atoms with Crippen LogP contribution in [0.5, 0.6) is 0 Å². The molecule has 8 unspecified atom stereocenters. The molecule has 0 aromatic rings. The van der Waals surface area contributed by atoms with E-state index in [1.807, 2.05) is 33.0 Å². The smallest absolute Gasteiger partial charge is 0.326 e. The summed E-state index contributed by atoms with van der Waals surface area (Å²) in [5.74, 6) is 2.22. The van der Waals surface area contributed by atoms with E-state index in [1.54, 1.807) is 6.92 Å². The number of hydrogen-bond donors (Lipinski definition) is 4. The predicted octanol–water partition coefficient (Wildman–Crippen LogP) is 7.80. The number of carbonyl (C=O) groups excluding carboxylic acids is 3. The van der Waals surface area contributed by atoms with Crippen LogP contribution in [-0.2, 0) is 28.7 Å². The van der Waals surface area contributed by atoms with Crippen LogP contribution in [0.1, 0.15) is 145 Å². The standard InChI is InChI=1S/C28H46O4.C9H16N2O5.C2H6/c1-5-25(29)31-18-32-26(30)14-9-19(2)22-12-13-23-21-11-10-20-8-6-7-16-27(20,3)24(21)15-17-28(22,23)4;1-5(2)3-6(8(14)15)11-9(16)10-4-7(12)13;1-2/h19-24H,5-18H2,1-4H3;5-6H,3-4H2,1-2H3,(H,12,13)(H,14,15)(H2,10,11,16);1-2H3/t19-,20?,21?,22?,23?,24?,27?,28?;;/m1../s1. The molecule has 9 atom stereocenters. The fourth-order valence-corrected chi connectivity index (χ4v) is 10.2. The van der Waals surface area contributed by atoms with E-state index >= 15 is 0 Å². The molecule has 0 aromatic carbocycles. The topological polar surface area (TPSA) is 168 Å². The van der Waals surface area contributed by atoms with Crippen molar-refractivity contribution in [3.63, 3.8) is 0 Å². The van der Waals surface area contributed by atoms with Crippen LogP contribution in [0.3, 0.4) is 0 Å². The summed E-state index contributed by atoms with van der Waals surface area (Å²) in [6.07, 6.45) is 16.2. The maximum absolute atomic E-state index is 12.1. The van der Waals surface area contributed by atoms with Gasteiger partial charge in [-0.05, 0) is 116 Å². The number of ether oxygens (including phenoxy) is 2. The molecule has 4 aliphatic carbocycles. The molecule has 0 spiro atoms. The number of carbonyl (C=O) groups is 5. The molecular weight excluding hydrogens is 640 g/mol. The predicted molar refractivity (Wildman–Crippen MR) is 192 cm³/mol. The van der Waals surface area contributed by atoms with Gasteiger partial charge in [-0.15, -0.1) is 0 Å². The van der Waals surface area contributed by atoms with Gasteiger partial charge in [0.2, 0.25) is 6.79 Å². The van der Waals surface area contributed by atoms with Crippen LogP contribution < -0.4 is 10.6 Å². The Bertz CT molecular complexity index is 1130. The van der Waals surface area contributed by atoms with Crippen LogP contribution in [-0.4, -0.2) is 59.5 Å². The number of hydrogen-bond acceptors (Lipinski definition) is 7. The van der Waals surface area contributed by atoms with Crippen LogP contribution >= 0.6 is 0 Å². The zero-order chi connectivity index (χ0) is 37.6. The average Bonchev–Trinajstić information content (AvgIpc) is 3.44. The SMILES string of the molecule is CC.CC(C)CC(NC(=O)NCC(=O)O)C(=O)O.CCC(=O)OCOC(=O)CC[C@@H](C)C1CCC2C3CCC4CCCCC4(C)C3CCC21C. The van der Waals surface area contributed by atoms with E-state index in [2.05, 4.69) is 26.1 Å². The lowest BCUT2D eigenvalue weighted by Gasteiger charge is -2.61. The second-order valence-electron chi connectivity index (χ2n) is 15.9. The highest BCUT2D eigenvalue weighted by molar-refractivity contribution is 5.84. The second kappa shape index (κ2) is 20.3. The van der Waals surface area contributed by atoms with Crippen molar-refractivity contribution in [3.8, 4) is 0 Å². The van der Waals surface area contributed by atoms with E-state index in [9.17, 15) is 24.0 Å². The van der Waals surface area contributed by atoms with Gasteiger partial charge in [-0.3, -0.25) is 14.4 Å². The molecule has 4 fully saturated rings. The van der Waals surface area contributed by atoms with Gasteiger partial charge in [0.05, 0.1) is 0 Å². The van der Waals surface area contributed by atoms with Crippen molar-refractivity contribution in [2.24, 2.45) is 52.3 Å². The maximum atomic E-state index is 12.1. The molecule has 0 radical (unpaired) electrons. The maximum Gasteiger partial charge on any atom is 0.326 e. The Morgan fingerprint density at radius 2 is 1.48 bits per heavy atom. The van der Waals surface area contributed by atoms with Gasteiger partial charge < -0.3 is 30.3 Å². The van der Waals surface area contributed by atoms with E-state index < -0.39 is 30.6 Å². The molecule has 4 N–H and O–H groups in total. The number of esters is 2. The second-order valence-corrected chi connectivity index (χ2v) is 15.9. The molecule has 0 heterocycles. The Balaban J connectivity index is 0.000000409. The minimum Gasteiger partial charge on any atom is -0.480 e. The third-order valence-electron chi connectivity index (χ3n) is 12.6. The number of aliphatic carboxylic acids is 2. The minimum absolute atomic E-state index is 0.112. The molecule has 0 aromatic heterocycles. The van der Waals surface area contributed by atoms with E-state index in [-0.39, 0.29) is 31.1 Å². The number of fused-ring (bicyclic) bond motifs is 5. The largest absolute Gasteiger partial charge is 0.480 e. The van der Waals surface area contributed by atoms with E-state index in [4.69, 9.17) is 19.7 Å². The highest BCUT2D eigenvalue weighted by Gasteiger charge is 2.60. The molecule has 0 aliphatic heterocycles. The van der Waals surface area contributed by atoms with E-state index in [0.717, 1.165) is 36.0 Å². The number of carboxylic acids is 2. The Hall–Kier alpha value is -2.85. The zero-order valence-corrected chi connectivity index (χ0v) is 32.2. The van der Waals surface area contributed by atoms with Crippen LogP contribution in [0.2, 0.25) is 0 Å². The first-order chi connectivity index (χ1) is 23.6. The molecular formula is C39H68N2O9. The summed E-state index contributed by atoms with van der Waals surface area (Å²) in [6.45, 7) is 16.2. The number of urea groups is 1. The summed E-state index contributed by atoms with van der Waals surface area (Å²) in [5.41, 5.74) is 1.05. The first kappa shape index (κ1) is 43.3. The summed E-state index contributed by atoms with van der Waals surface area (Å²) >= 11 is 0. The number of carboxylic acid groups (broad SMARTS) is 2. The lowest BCUT2D eigenvalue weighted by atomic mass is 9.44. The quantitative estimate of drug-likeness (QED) is 0.110. The fraction of sp³-hybridized carbons (Fsp3) is 0.872. The Labute approximate surface area is 300 Å². The molecule has 2 amide bonds. The summed E-state index contributed by atoms with van der Waals surface area (Å²) < 4.78 is 9.98. The van der Waals surface area contributed by atoms with E-state index in [0.29, 0.717) is 29.6 Å². The zero-order valence-electron chi connectivity index (χ0n) is 32.2. The van der Waals surface area contributed by atoms with Gasteiger partial charge in [0.1, 0.15) is 12.6 Å². The average molecular weight is 709 g/mol. The summed E-state index contributed by atoms with van der Waals surface area (Å²) in [7, 11) is 0. The van der Waals surface area contributed by atoms with Gasteiger partial charge in [-0.1, -0.05) is 68.2 Å². The van der Waals surface area contributed by atoms with Crippen LogP contribution in [0, 0.1) is 52.3 Å². The molecule has 0 saturated heterocycles. The highest BCUT2D eigenvalue weighted by Crippen LogP contribution is 2.68. The molecule has 50 heavy (non-hydrogen) atoms. The first-order valence-electron chi connectivity index (χ1n) is 19.4. The van der Waals surface area contributed by atoms with Crippen molar-refractivity contribution in [1.29, 1.82) is 0 Å². The third-order valence-corrected chi connectivity index (χ3v) is 12.6. The third kappa shape index (κ3) is 11.6. The molecule has 11 heteroatoms. The normalized spacial score (nSPS) is 30.6. The molecule has 0 bridgehead atoms. The van der Waals surface area contributed by atoms with Crippen LogP contribution in [0.4, 0.5) is 4.79 Å². The Morgan fingerprint density at radius 1 is 0.820 bits per heavy atom. The van der Waals surface area contributed by atoms with E-state index in [1.165, 1.54) is 64.2 Å². The lowest BCUT2D eigenvalue weighted by Crippen LogP contribution is -2.53. The van der Waals surface area contributed by atoms with Gasteiger partial charge >= 0.3 is 29.9 Å². The lowest BCUT2D eigenvalue weighted by molar-refractivity contribution is -0.167. The monoisotopic (exact) mass is 708 g/mol. The minimum atomic E-state index is -1.19. The highest BCUT2D eigenvalue weighted by atomic mass is 16.7. The van der Waals surface area contributed by atoms with Gasteiger partial charge in [0.25, 0.3) is 0 Å². The first-order valence-corrected chi connectivity index (χ1v) is 19.4. The van der Waals surface area contributed by atoms with Gasteiger partial charge in [-0.25, -0.2) is 9.59 Å². The Morgan fingerprint density at radius 3 is 2.10 bits per heavy atom. The van der Waals surface area contributed by atoms with Crippen molar-refractivity contribution < 1.29 is 43.7 Å². The Kier molecular flexibility index (Phi) is 17.5. The fourth-order valence-electron chi connectivity index (χ4n) is 10.2. The van der Waals surface area contributed by atoms with Gasteiger partial charge in [0.15, 0.2) is 0 Å². The summed E-state index contributed by atoms with van der Waals surface area (Å²) in [5, 5.41) is 21.3. The molecule has 4 saturated carbocycles. The summed E-state index contributed by atoms with van der Waals surface area (Å²) in [4.78, 5) is 55.3. The van der Waals surface area contributed by atoms with Gasteiger partial charge in [-0.2, -0.15) is 0 Å². The number of nitrogens with one attached hydrogen (secondary N) is 2. The molecule has 11 nitrogen and oxygen atoms in total. The van der Waals surface area contributed by atoms with Crippen LogP contribution in [0.15, 0.2) is 0 Å². The van der Waals surface area contributed by atoms with Crippen molar-refractivity contribution in [1.82, 2.24) is 10.6 Å². The van der Waals surface area contributed by atoms with Gasteiger partial charge in [0, 0.05) is 12.8 Å². The van der Waals surface area contributed by atoms with Crippen molar-refractivity contribution >= 4 is 29.9 Å². The molecule has 4 rings (SSSR count).